The lowest BCUT2D eigenvalue weighted by atomic mass is 10.1. The van der Waals surface area contributed by atoms with Gasteiger partial charge in [-0.25, -0.2) is 0 Å². The summed E-state index contributed by atoms with van der Waals surface area (Å²) in [7, 11) is 0. The highest BCUT2D eigenvalue weighted by Crippen LogP contribution is 2.07. The molecule has 0 fully saturated rings. The van der Waals surface area contributed by atoms with Gasteiger partial charge in [0.05, 0.1) is 10.9 Å². The first-order chi connectivity index (χ1) is 11.1. The molecule has 2 rings (SSSR count). The summed E-state index contributed by atoms with van der Waals surface area (Å²) in [5, 5.41) is 3.07. The Bertz CT molecular complexity index is 805. The first-order valence-corrected chi connectivity index (χ1v) is 8.13. The zero-order chi connectivity index (χ0) is 16.8. The summed E-state index contributed by atoms with van der Waals surface area (Å²) in [5.74, 6) is -0.440. The third-order valence-electron chi connectivity index (χ3n) is 3.80. The molecule has 0 aromatic carbocycles. The Balaban J connectivity index is 2.41. The van der Waals surface area contributed by atoms with Gasteiger partial charge in [-0.15, -0.1) is 0 Å². The first-order valence-electron chi connectivity index (χ1n) is 8.13. The molecule has 0 atom stereocenters. The molecule has 6 nitrogen and oxygen atoms in total. The van der Waals surface area contributed by atoms with E-state index in [-0.39, 0.29) is 11.1 Å². The van der Waals surface area contributed by atoms with Crippen LogP contribution in [0.15, 0.2) is 27.9 Å². The quantitative estimate of drug-likeness (QED) is 0.766. The number of hydrogen-bond donors (Lipinski definition) is 2. The number of nitrogens with zero attached hydrogens (tertiary/aromatic N) is 1. The predicted octanol–water partition coefficient (Wildman–Crippen LogP) is 2.02. The van der Waals surface area contributed by atoms with Gasteiger partial charge in [0.15, 0.2) is 0 Å². The van der Waals surface area contributed by atoms with Gasteiger partial charge < -0.3 is 14.9 Å². The molecule has 0 aliphatic heterocycles. The van der Waals surface area contributed by atoms with Crippen LogP contribution in [0, 0.1) is 0 Å². The molecule has 2 aromatic rings. The number of carbonyl (C=O) groups is 1. The number of aromatic amines is 1. The van der Waals surface area contributed by atoms with Crippen molar-refractivity contribution in [3.05, 3.63) is 44.6 Å². The van der Waals surface area contributed by atoms with Crippen LogP contribution in [0.25, 0.3) is 10.9 Å². The minimum Gasteiger partial charge on any atom is -0.352 e. The highest BCUT2D eigenvalue weighted by Gasteiger charge is 2.13. The standard InChI is InChI=1S/C17H23N3O3/c1-3-5-8-18-15(21)13-11-12-14(19-16(13)22)7-10-20(17(12)23)9-6-4-2/h7,10-11H,3-6,8-9H2,1-2H3,(H,18,21)(H,19,22). The lowest BCUT2D eigenvalue weighted by molar-refractivity contribution is 0.0952. The second kappa shape index (κ2) is 7.76. The van der Waals surface area contributed by atoms with E-state index in [1.54, 1.807) is 16.8 Å². The SMILES string of the molecule is CCCCNC(=O)c1cc2c(=O)n(CCCC)ccc2[nH]c1=O. The van der Waals surface area contributed by atoms with Crippen LogP contribution in [0.5, 0.6) is 0 Å². The summed E-state index contributed by atoms with van der Waals surface area (Å²) in [4.78, 5) is 39.3. The minimum absolute atomic E-state index is 0.0149. The zero-order valence-corrected chi connectivity index (χ0v) is 13.6. The number of nitrogens with one attached hydrogen (secondary N) is 2. The number of fused-ring (bicyclic) bond motifs is 1. The molecule has 124 valence electrons. The van der Waals surface area contributed by atoms with Crippen LogP contribution in [0.1, 0.15) is 49.9 Å². The Morgan fingerprint density at radius 3 is 2.65 bits per heavy atom. The fourth-order valence-corrected chi connectivity index (χ4v) is 2.39. The van der Waals surface area contributed by atoms with Crippen LogP contribution in [0.2, 0.25) is 0 Å². The van der Waals surface area contributed by atoms with E-state index < -0.39 is 11.5 Å². The molecular weight excluding hydrogens is 294 g/mol. The lowest BCUT2D eigenvalue weighted by Gasteiger charge is -2.08. The summed E-state index contributed by atoms with van der Waals surface area (Å²) in [6.45, 7) is 5.22. The van der Waals surface area contributed by atoms with E-state index in [9.17, 15) is 14.4 Å². The number of carbonyl (C=O) groups excluding carboxylic acids is 1. The second-order valence-electron chi connectivity index (χ2n) is 5.62. The van der Waals surface area contributed by atoms with Crippen molar-refractivity contribution in [2.24, 2.45) is 0 Å². The van der Waals surface area contributed by atoms with Gasteiger partial charge in [-0.3, -0.25) is 14.4 Å². The summed E-state index contributed by atoms with van der Waals surface area (Å²) >= 11 is 0. The van der Waals surface area contributed by atoms with Gasteiger partial charge in [-0.05, 0) is 25.0 Å². The summed E-state index contributed by atoms with van der Waals surface area (Å²) in [6.07, 6.45) is 5.37. The van der Waals surface area contributed by atoms with Gasteiger partial charge in [0, 0.05) is 19.3 Å². The van der Waals surface area contributed by atoms with Crippen molar-refractivity contribution in [3.63, 3.8) is 0 Å². The van der Waals surface area contributed by atoms with Crippen molar-refractivity contribution >= 4 is 16.8 Å². The Morgan fingerprint density at radius 1 is 1.22 bits per heavy atom. The number of aryl methyl sites for hydroxylation is 1. The van der Waals surface area contributed by atoms with E-state index in [1.165, 1.54) is 6.07 Å². The van der Waals surface area contributed by atoms with E-state index >= 15 is 0 Å². The van der Waals surface area contributed by atoms with Gasteiger partial charge >= 0.3 is 0 Å². The normalized spacial score (nSPS) is 10.9. The smallest absolute Gasteiger partial charge is 0.261 e. The molecule has 0 bridgehead atoms. The topological polar surface area (TPSA) is 84.0 Å². The van der Waals surface area contributed by atoms with Crippen molar-refractivity contribution < 1.29 is 4.79 Å². The van der Waals surface area contributed by atoms with Crippen molar-refractivity contribution in [1.82, 2.24) is 14.9 Å². The van der Waals surface area contributed by atoms with E-state index in [0.29, 0.717) is 24.0 Å². The summed E-state index contributed by atoms with van der Waals surface area (Å²) < 4.78 is 1.61. The number of aromatic nitrogens is 2. The van der Waals surface area contributed by atoms with Crippen LogP contribution >= 0.6 is 0 Å². The number of rotatable bonds is 7. The van der Waals surface area contributed by atoms with Crippen molar-refractivity contribution in [3.8, 4) is 0 Å². The Morgan fingerprint density at radius 2 is 1.96 bits per heavy atom. The predicted molar refractivity (Wildman–Crippen MR) is 91.0 cm³/mol. The molecule has 0 aliphatic carbocycles. The first kappa shape index (κ1) is 17.0. The average Bonchev–Trinajstić information content (AvgIpc) is 2.54. The Kier molecular flexibility index (Phi) is 5.73. The van der Waals surface area contributed by atoms with Gasteiger partial charge in [-0.1, -0.05) is 26.7 Å². The number of pyridine rings is 2. The largest absolute Gasteiger partial charge is 0.352 e. The van der Waals surface area contributed by atoms with Crippen LogP contribution in [-0.2, 0) is 6.54 Å². The van der Waals surface area contributed by atoms with Gasteiger partial charge in [-0.2, -0.15) is 0 Å². The maximum Gasteiger partial charge on any atom is 0.261 e. The van der Waals surface area contributed by atoms with E-state index in [0.717, 1.165) is 25.7 Å². The number of hydrogen-bond acceptors (Lipinski definition) is 3. The minimum atomic E-state index is -0.475. The number of unbranched alkanes of at least 4 members (excludes halogenated alkanes) is 2. The van der Waals surface area contributed by atoms with Crippen LogP contribution in [0.4, 0.5) is 0 Å². The lowest BCUT2D eigenvalue weighted by Crippen LogP contribution is -2.31. The van der Waals surface area contributed by atoms with Crippen LogP contribution in [0.3, 0.4) is 0 Å². The molecule has 2 heterocycles. The highest BCUT2D eigenvalue weighted by atomic mass is 16.2. The molecule has 23 heavy (non-hydrogen) atoms. The monoisotopic (exact) mass is 317 g/mol. The molecule has 0 unspecified atom stereocenters. The van der Waals surface area contributed by atoms with Gasteiger partial charge in [0.25, 0.3) is 17.0 Å². The molecule has 2 N–H and O–H groups in total. The summed E-state index contributed by atoms with van der Waals surface area (Å²) in [5.41, 5.74) is -0.219. The molecule has 0 radical (unpaired) electrons. The molecular formula is C17H23N3O3. The molecule has 2 aromatic heterocycles. The van der Waals surface area contributed by atoms with Crippen LogP contribution in [-0.4, -0.2) is 22.0 Å². The fourth-order valence-electron chi connectivity index (χ4n) is 2.39. The molecule has 0 saturated heterocycles. The van der Waals surface area contributed by atoms with E-state index in [4.69, 9.17) is 0 Å². The Hall–Kier alpha value is -2.37. The van der Waals surface area contributed by atoms with Crippen molar-refractivity contribution in [2.75, 3.05) is 6.54 Å². The third-order valence-corrected chi connectivity index (χ3v) is 3.80. The molecule has 0 saturated carbocycles. The van der Waals surface area contributed by atoms with E-state index in [1.807, 2.05) is 6.92 Å². The maximum atomic E-state index is 12.5. The number of H-pyrrole nitrogens is 1. The van der Waals surface area contributed by atoms with Crippen molar-refractivity contribution in [2.45, 2.75) is 46.1 Å². The zero-order valence-electron chi connectivity index (χ0n) is 13.6. The Labute approximate surface area is 134 Å². The van der Waals surface area contributed by atoms with Crippen molar-refractivity contribution in [1.29, 1.82) is 0 Å². The second-order valence-corrected chi connectivity index (χ2v) is 5.62. The van der Waals surface area contributed by atoms with E-state index in [2.05, 4.69) is 17.2 Å². The van der Waals surface area contributed by atoms with Gasteiger partial charge in [0.2, 0.25) is 0 Å². The third kappa shape index (κ3) is 3.88. The highest BCUT2D eigenvalue weighted by molar-refractivity contribution is 5.96. The molecule has 6 heteroatoms. The van der Waals surface area contributed by atoms with Crippen LogP contribution < -0.4 is 16.4 Å². The van der Waals surface area contributed by atoms with Gasteiger partial charge in [0.1, 0.15) is 5.56 Å². The fraction of sp³-hybridized carbons (Fsp3) is 0.471. The number of amides is 1. The molecule has 1 amide bonds. The molecule has 0 spiro atoms. The molecule has 0 aliphatic rings. The summed E-state index contributed by atoms with van der Waals surface area (Å²) in [6, 6.07) is 3.10. The maximum absolute atomic E-state index is 12.5. The average molecular weight is 317 g/mol.